The van der Waals surface area contributed by atoms with Gasteiger partial charge in [-0.15, -0.1) is 0 Å². The molecule has 0 N–H and O–H groups in total. The van der Waals surface area contributed by atoms with Crippen molar-refractivity contribution in [1.82, 2.24) is 9.80 Å². The topological polar surface area (TPSA) is 40.6 Å². The zero-order chi connectivity index (χ0) is 34.4. The van der Waals surface area contributed by atoms with E-state index in [2.05, 4.69) is 57.8 Å². The van der Waals surface area contributed by atoms with Crippen molar-refractivity contribution in [2.24, 2.45) is 10.8 Å². The molecule has 0 spiro atoms. The fourth-order valence-electron chi connectivity index (χ4n) is 8.59. The molecule has 2 aromatic rings. The van der Waals surface area contributed by atoms with Gasteiger partial charge in [0, 0.05) is 44.9 Å². The fourth-order valence-corrected chi connectivity index (χ4v) is 9.48. The second kappa shape index (κ2) is 11.2. The molecule has 0 radical (unpaired) electrons. The molecule has 0 aromatic heterocycles. The molecule has 4 nitrogen and oxygen atoms in total. The molecule has 2 aromatic carbocycles. The molecule has 2 saturated heterocycles. The predicted molar refractivity (Wildman–Crippen MR) is 170 cm³/mol. The lowest BCUT2D eigenvalue weighted by atomic mass is 9.51. The standard InChI is InChI=1S/2C17H19BrF3NO/c1-15(2)13-8-10-4-5-11(18)9-12(10)16(15,3)6-7-22(13)14(23)17(19,20)21;1-15(2)13-9-10-11(5-4-6-12(10)18)16(15,3)7-8-22(13)14(23)17(19,20)21/h4-5,9,13H,6-8H2,1-3H3;4-6,13H,7-9H2,1-3H3. The van der Waals surface area contributed by atoms with E-state index in [1.165, 1.54) is 11.1 Å². The third kappa shape index (κ3) is 5.31. The van der Waals surface area contributed by atoms with E-state index >= 15 is 0 Å². The maximum Gasteiger partial charge on any atom is 0.471 e. The number of hydrogen-bond acceptors (Lipinski definition) is 2. The second-order valence-electron chi connectivity index (χ2n) is 14.6. The highest BCUT2D eigenvalue weighted by atomic mass is 79.9. The van der Waals surface area contributed by atoms with Crippen LogP contribution in [-0.4, -0.2) is 59.1 Å². The van der Waals surface area contributed by atoms with Crippen LogP contribution in [0, 0.1) is 10.8 Å². The van der Waals surface area contributed by atoms with Crippen molar-refractivity contribution in [2.75, 3.05) is 13.1 Å². The molecule has 2 fully saturated rings. The van der Waals surface area contributed by atoms with Crippen LogP contribution in [0.1, 0.15) is 76.6 Å². The monoisotopic (exact) mass is 778 g/mol. The van der Waals surface area contributed by atoms with Crippen LogP contribution in [-0.2, 0) is 33.3 Å². The van der Waals surface area contributed by atoms with Gasteiger partial charge in [-0.25, -0.2) is 0 Å². The van der Waals surface area contributed by atoms with Gasteiger partial charge < -0.3 is 9.80 Å². The van der Waals surface area contributed by atoms with E-state index < -0.39 is 47.1 Å². The summed E-state index contributed by atoms with van der Waals surface area (Å²) in [6, 6.07) is 11.0. The molecule has 4 unspecified atom stereocenters. The number of piperidine rings is 2. The number of carbonyl (C=O) groups is 2. The average Bonchev–Trinajstić information content (AvgIpc) is 2.92. The Labute approximate surface area is 282 Å². The van der Waals surface area contributed by atoms with E-state index in [1.54, 1.807) is 0 Å². The molecule has 2 amide bonds. The van der Waals surface area contributed by atoms with E-state index in [-0.39, 0.29) is 23.9 Å². The number of benzene rings is 2. The highest BCUT2D eigenvalue weighted by Crippen LogP contribution is 2.58. The molecule has 2 aliphatic heterocycles. The quantitative estimate of drug-likeness (QED) is 0.251. The summed E-state index contributed by atoms with van der Waals surface area (Å²) in [5.41, 5.74) is 3.08. The summed E-state index contributed by atoms with van der Waals surface area (Å²) in [6.45, 7) is 12.5. The molecular formula is C34H38Br2F6N2O2. The minimum absolute atomic E-state index is 0.148. The second-order valence-corrected chi connectivity index (χ2v) is 16.4. The van der Waals surface area contributed by atoms with Crippen LogP contribution in [0.4, 0.5) is 26.3 Å². The van der Waals surface area contributed by atoms with Gasteiger partial charge in [-0.3, -0.25) is 9.59 Å². The molecule has 12 heteroatoms. The van der Waals surface area contributed by atoms with E-state index in [0.717, 1.165) is 29.9 Å². The molecule has 0 saturated carbocycles. The number of nitrogens with zero attached hydrogens (tertiary/aromatic N) is 2. The molecule has 2 heterocycles. The summed E-state index contributed by atoms with van der Waals surface area (Å²) in [5, 5.41) is 0. The first-order valence-electron chi connectivity index (χ1n) is 15.3. The van der Waals surface area contributed by atoms with Gasteiger partial charge in [0.05, 0.1) is 0 Å². The highest BCUT2D eigenvalue weighted by molar-refractivity contribution is 9.10. The molecule has 2 aliphatic carbocycles. The third-order valence-electron chi connectivity index (χ3n) is 12.2. The number of hydrogen-bond donors (Lipinski definition) is 0. The van der Waals surface area contributed by atoms with Crippen molar-refractivity contribution in [2.45, 2.75) is 102 Å². The predicted octanol–water partition coefficient (Wildman–Crippen LogP) is 8.90. The van der Waals surface area contributed by atoms with E-state index in [9.17, 15) is 35.9 Å². The van der Waals surface area contributed by atoms with E-state index in [0.29, 0.717) is 25.7 Å². The normalized spacial score (nSPS) is 29.2. The zero-order valence-corrected chi connectivity index (χ0v) is 29.8. The third-order valence-corrected chi connectivity index (χ3v) is 13.4. The molecule has 4 bridgehead atoms. The first-order chi connectivity index (χ1) is 21.0. The molecule has 4 aliphatic rings. The van der Waals surface area contributed by atoms with Crippen LogP contribution in [0.15, 0.2) is 45.3 Å². The SMILES string of the molecule is CC12CCN(C(=O)C(F)(F)F)C(Cc3c(Br)cccc31)C2(C)C.CC12CCN(C(=O)C(F)(F)F)C(Cc3ccc(Br)cc31)C2(C)C. The Morgan fingerprint density at radius 3 is 1.70 bits per heavy atom. The molecule has 4 atom stereocenters. The summed E-state index contributed by atoms with van der Waals surface area (Å²) in [5.74, 6) is -3.42. The van der Waals surface area contributed by atoms with Gasteiger partial charge >= 0.3 is 24.2 Å². The lowest BCUT2D eigenvalue weighted by Gasteiger charge is -2.60. The molecular weight excluding hydrogens is 742 g/mol. The molecule has 252 valence electrons. The smallest absolute Gasteiger partial charge is 0.331 e. The van der Waals surface area contributed by atoms with Gasteiger partial charge in [0.1, 0.15) is 0 Å². The Kier molecular flexibility index (Phi) is 8.61. The Morgan fingerprint density at radius 2 is 1.20 bits per heavy atom. The fraction of sp³-hybridized carbons (Fsp3) is 0.588. The van der Waals surface area contributed by atoms with Crippen molar-refractivity contribution in [3.8, 4) is 0 Å². The van der Waals surface area contributed by atoms with Crippen LogP contribution >= 0.6 is 31.9 Å². The molecule has 46 heavy (non-hydrogen) atoms. The zero-order valence-electron chi connectivity index (χ0n) is 26.6. The summed E-state index contributed by atoms with van der Waals surface area (Å²) in [6.07, 6.45) is -7.67. The van der Waals surface area contributed by atoms with Crippen molar-refractivity contribution >= 4 is 43.7 Å². The summed E-state index contributed by atoms with van der Waals surface area (Å²) >= 11 is 7.01. The first-order valence-corrected chi connectivity index (χ1v) is 16.9. The largest absolute Gasteiger partial charge is 0.471 e. The maximum absolute atomic E-state index is 13.0. The summed E-state index contributed by atoms with van der Waals surface area (Å²) in [4.78, 5) is 25.9. The van der Waals surface area contributed by atoms with Crippen molar-refractivity contribution in [3.05, 3.63) is 67.6 Å². The van der Waals surface area contributed by atoms with Gasteiger partial charge in [-0.2, -0.15) is 26.3 Å². The number of carbonyl (C=O) groups excluding carboxylic acids is 2. The van der Waals surface area contributed by atoms with Crippen LogP contribution < -0.4 is 0 Å². The number of amides is 2. The van der Waals surface area contributed by atoms with E-state index in [4.69, 9.17) is 0 Å². The minimum Gasteiger partial charge on any atom is -0.331 e. The maximum atomic E-state index is 13.0. The van der Waals surface area contributed by atoms with Crippen LogP contribution in [0.2, 0.25) is 0 Å². The number of halogens is 8. The first kappa shape index (κ1) is 35.2. The number of alkyl halides is 6. The Balaban J connectivity index is 0.000000181. The number of fused-ring (bicyclic) bond motifs is 8. The lowest BCUT2D eigenvalue weighted by molar-refractivity contribution is -0.195. The van der Waals surface area contributed by atoms with Crippen molar-refractivity contribution in [1.29, 1.82) is 0 Å². The number of likely N-dealkylation sites (tertiary alicyclic amines) is 2. The minimum atomic E-state index is -4.82. The Bertz CT molecular complexity index is 1550. The van der Waals surface area contributed by atoms with Crippen LogP contribution in [0.3, 0.4) is 0 Å². The van der Waals surface area contributed by atoms with Gasteiger partial charge in [0.2, 0.25) is 0 Å². The highest BCUT2D eigenvalue weighted by Gasteiger charge is 2.61. The van der Waals surface area contributed by atoms with Gasteiger partial charge in [-0.05, 0) is 77.0 Å². The van der Waals surface area contributed by atoms with Crippen LogP contribution in [0.5, 0.6) is 0 Å². The van der Waals surface area contributed by atoms with Gasteiger partial charge in [0.25, 0.3) is 0 Å². The Hall–Kier alpha value is -2.08. The average molecular weight is 780 g/mol. The van der Waals surface area contributed by atoms with Gasteiger partial charge in [-0.1, -0.05) is 91.6 Å². The van der Waals surface area contributed by atoms with Crippen LogP contribution in [0.25, 0.3) is 0 Å². The Morgan fingerprint density at radius 1 is 0.717 bits per heavy atom. The van der Waals surface area contributed by atoms with Crippen molar-refractivity contribution in [3.63, 3.8) is 0 Å². The van der Waals surface area contributed by atoms with Crippen molar-refractivity contribution < 1.29 is 35.9 Å². The molecule has 6 rings (SSSR count). The summed E-state index contributed by atoms with van der Waals surface area (Å²) in [7, 11) is 0. The number of rotatable bonds is 0. The lowest BCUT2D eigenvalue weighted by Crippen LogP contribution is -2.66. The van der Waals surface area contributed by atoms with E-state index in [1.807, 2.05) is 52.0 Å². The summed E-state index contributed by atoms with van der Waals surface area (Å²) < 4.78 is 79.7. The van der Waals surface area contributed by atoms with Gasteiger partial charge in [0.15, 0.2) is 0 Å².